The third-order valence-electron chi connectivity index (χ3n) is 4.68. The predicted octanol–water partition coefficient (Wildman–Crippen LogP) is 7.61. The maximum atomic E-state index is 10.3. The molecule has 0 atom stereocenters. The van der Waals surface area contributed by atoms with Gasteiger partial charge in [-0.2, -0.15) is 0 Å². The van der Waals surface area contributed by atoms with Gasteiger partial charge in [-0.1, -0.05) is 82.7 Å². The number of rotatable bonds is 3. The van der Waals surface area contributed by atoms with Crippen LogP contribution in [-0.4, -0.2) is 9.97 Å². The molecule has 0 aliphatic rings. The summed E-state index contributed by atoms with van der Waals surface area (Å²) in [6, 6.07) is 37.0. The van der Waals surface area contributed by atoms with Crippen molar-refractivity contribution in [1.82, 2.24) is 9.97 Å². The van der Waals surface area contributed by atoms with Gasteiger partial charge in [0.05, 0.1) is 5.69 Å². The van der Waals surface area contributed by atoms with Crippen LogP contribution < -0.4 is 0 Å². The molecule has 184 valence electrons. The second-order valence-electron chi connectivity index (χ2n) is 7.23. The van der Waals surface area contributed by atoms with E-state index in [4.69, 9.17) is 11.6 Å². The van der Waals surface area contributed by atoms with E-state index in [0.717, 1.165) is 33.1 Å². The summed E-state index contributed by atoms with van der Waals surface area (Å²) in [4.78, 5) is 8.78. The van der Waals surface area contributed by atoms with E-state index in [0.29, 0.717) is 4.90 Å². The monoisotopic (exact) mass is 604 g/mol. The molecule has 5 aromatic rings. The third kappa shape index (κ3) is 9.49. The van der Waals surface area contributed by atoms with Crippen molar-refractivity contribution in [3.63, 3.8) is 0 Å². The Labute approximate surface area is 232 Å². The quantitative estimate of drug-likeness (QED) is 0.121. The van der Waals surface area contributed by atoms with Crippen molar-refractivity contribution in [2.75, 3.05) is 0 Å². The Morgan fingerprint density at radius 3 is 1.81 bits per heavy atom. The van der Waals surface area contributed by atoms with E-state index >= 15 is 0 Å². The average molecular weight is 605 g/mol. The molecule has 2 aromatic heterocycles. The number of aryl methyl sites for hydroxylation is 1. The first-order valence-electron chi connectivity index (χ1n) is 10.7. The van der Waals surface area contributed by atoms with Crippen LogP contribution >= 0.6 is 11.6 Å². The average Bonchev–Trinajstić information content (AvgIpc) is 2.91. The van der Waals surface area contributed by atoms with Gasteiger partial charge < -0.3 is 13.4 Å². The molecule has 0 unspecified atom stereocenters. The first-order chi connectivity index (χ1) is 17.0. The first-order valence-corrected chi connectivity index (χ1v) is 12.2. The zero-order chi connectivity index (χ0) is 24.9. The zero-order valence-electron chi connectivity index (χ0n) is 19.4. The normalized spacial score (nSPS) is 9.64. The molecule has 0 radical (unpaired) electrons. The molecule has 5 rings (SSSR count). The number of halogens is 1. The summed E-state index contributed by atoms with van der Waals surface area (Å²) in [7, 11) is -2.09. The molecule has 3 aromatic carbocycles. The maximum Gasteiger partial charge on any atom is 2.00 e. The van der Waals surface area contributed by atoms with E-state index in [9.17, 15) is 8.42 Å². The van der Waals surface area contributed by atoms with Gasteiger partial charge in [-0.3, -0.25) is 4.98 Å². The Balaban J connectivity index is 0.000000189. The molecule has 0 saturated carbocycles. The van der Waals surface area contributed by atoms with Crippen molar-refractivity contribution in [3.05, 3.63) is 138 Å². The number of pyridine rings is 2. The van der Waals surface area contributed by atoms with Gasteiger partial charge in [0.15, 0.2) is 0 Å². The predicted molar refractivity (Wildman–Crippen MR) is 141 cm³/mol. The topological polar surface area (TPSA) is 59.9 Å². The molecule has 0 aliphatic carbocycles. The van der Waals surface area contributed by atoms with Crippen molar-refractivity contribution < 1.29 is 28.8 Å². The van der Waals surface area contributed by atoms with E-state index in [-0.39, 0.29) is 20.4 Å². The summed E-state index contributed by atoms with van der Waals surface area (Å²) in [6.45, 7) is 1.91. The van der Waals surface area contributed by atoms with Crippen LogP contribution in [0.5, 0.6) is 0 Å². The molecule has 2 heterocycles. The van der Waals surface area contributed by atoms with Gasteiger partial charge in [-0.25, -0.2) is 0 Å². The van der Waals surface area contributed by atoms with Crippen molar-refractivity contribution in [2.24, 2.45) is 0 Å². The minimum atomic E-state index is -2.09. The van der Waals surface area contributed by atoms with Gasteiger partial charge in [-0.05, 0) is 47.6 Å². The van der Waals surface area contributed by atoms with Crippen molar-refractivity contribution >= 4 is 22.3 Å². The fourth-order valence-electron chi connectivity index (χ4n) is 2.92. The van der Waals surface area contributed by atoms with Crippen LogP contribution in [0.2, 0.25) is 5.02 Å². The molecule has 0 bridgehead atoms. The standard InChI is InChI=1S/C11H8ClN.C11H8N.C7H7O2S.Pd/c12-10-6-2-1-5-9(10)11-7-3-4-8-13-11;1-2-6-10(7-3-1)11-8-4-5-9-12-11;1-6-2-4-7(5-3-6)10(8)9;/h1-8H;1-6,8-9H;2-5H,1H3;/q;2*-1;+2. The van der Waals surface area contributed by atoms with E-state index in [1.807, 2.05) is 91.9 Å². The number of benzene rings is 3. The van der Waals surface area contributed by atoms with E-state index < -0.39 is 10.7 Å². The fourth-order valence-corrected chi connectivity index (χ4v) is 3.51. The summed E-state index contributed by atoms with van der Waals surface area (Å²) in [5, 5.41) is 0.737. The van der Waals surface area contributed by atoms with Crippen LogP contribution in [0.15, 0.2) is 126 Å². The van der Waals surface area contributed by atoms with Gasteiger partial charge in [-0.15, -0.1) is 35.9 Å². The second kappa shape index (κ2) is 15.8. The summed E-state index contributed by atoms with van der Waals surface area (Å²) in [5.74, 6) is 0. The van der Waals surface area contributed by atoms with Crippen molar-refractivity contribution in [2.45, 2.75) is 11.8 Å². The van der Waals surface area contributed by atoms with Gasteiger partial charge in [0.2, 0.25) is 0 Å². The molecule has 0 fully saturated rings. The maximum absolute atomic E-state index is 10.3. The Bertz CT molecular complexity index is 1340. The largest absolute Gasteiger partial charge is 2.00 e. The summed E-state index contributed by atoms with van der Waals surface area (Å²) >= 11 is 6.02. The molecule has 0 amide bonds. The molecule has 36 heavy (non-hydrogen) atoms. The molecule has 0 aliphatic heterocycles. The summed E-state index contributed by atoms with van der Waals surface area (Å²) in [6.07, 6.45) is 3.55. The Kier molecular flexibility index (Phi) is 12.7. The van der Waals surface area contributed by atoms with E-state index in [1.165, 1.54) is 0 Å². The molecule has 7 heteroatoms. The zero-order valence-corrected chi connectivity index (χ0v) is 22.5. The van der Waals surface area contributed by atoms with Crippen LogP contribution in [0.4, 0.5) is 0 Å². The molecule has 4 nitrogen and oxygen atoms in total. The SMILES string of the molecule is Cc1ccc([S-](=O)=O)cc1.Clc1ccccc1-c1ccccn1.[Pd+2].[c-]1ccccc1-c1ccccn1. The smallest absolute Gasteiger partial charge is 0.420 e. The number of nitrogens with zero attached hydrogens (tertiary/aromatic N) is 2. The van der Waals surface area contributed by atoms with Crippen LogP contribution in [0.1, 0.15) is 5.56 Å². The van der Waals surface area contributed by atoms with E-state index in [1.54, 1.807) is 36.7 Å². The Morgan fingerprint density at radius 1 is 0.694 bits per heavy atom. The van der Waals surface area contributed by atoms with E-state index in [2.05, 4.69) is 16.0 Å². The molecular weight excluding hydrogens is 582 g/mol. The fraction of sp³-hybridized carbons (Fsp3) is 0.0345. The number of aromatic nitrogens is 2. The molecule has 0 N–H and O–H groups in total. The van der Waals surface area contributed by atoms with Crippen LogP contribution in [0.25, 0.3) is 22.5 Å². The van der Waals surface area contributed by atoms with Crippen molar-refractivity contribution in [1.29, 1.82) is 0 Å². The summed E-state index contributed by atoms with van der Waals surface area (Å²) < 4.78 is 20.6. The first kappa shape index (κ1) is 29.1. The van der Waals surface area contributed by atoms with Gasteiger partial charge in [0.25, 0.3) is 0 Å². The minimum absolute atomic E-state index is 0. The van der Waals surface area contributed by atoms with Gasteiger partial charge in [0, 0.05) is 23.0 Å². The second-order valence-corrected chi connectivity index (χ2v) is 8.58. The molecular formula is C29H23ClN2O2PdS. The molecule has 0 saturated heterocycles. The number of hydrogen-bond acceptors (Lipinski definition) is 5. The van der Waals surface area contributed by atoms with Crippen LogP contribution in [0.3, 0.4) is 0 Å². The minimum Gasteiger partial charge on any atom is -0.420 e. The summed E-state index contributed by atoms with van der Waals surface area (Å²) in [5.41, 5.74) is 4.96. The van der Waals surface area contributed by atoms with Crippen LogP contribution in [0, 0.1) is 13.0 Å². The van der Waals surface area contributed by atoms with Crippen molar-refractivity contribution in [3.8, 4) is 22.5 Å². The number of hydrogen-bond donors (Lipinski definition) is 0. The van der Waals surface area contributed by atoms with Gasteiger partial charge in [0.1, 0.15) is 0 Å². The van der Waals surface area contributed by atoms with Crippen LogP contribution in [-0.2, 0) is 39.5 Å². The molecule has 0 spiro atoms. The Hall–Kier alpha value is -3.14. The van der Waals surface area contributed by atoms with Gasteiger partial charge >= 0.3 is 20.4 Å². The third-order valence-corrected chi connectivity index (χ3v) is 5.66. The Morgan fingerprint density at radius 2 is 1.28 bits per heavy atom.